The molecule has 0 radical (unpaired) electrons. The average Bonchev–Trinajstić information content (AvgIpc) is 2.84. The third-order valence-corrected chi connectivity index (χ3v) is 4.06. The highest BCUT2D eigenvalue weighted by atomic mass is 16.3. The van der Waals surface area contributed by atoms with E-state index in [4.69, 9.17) is 10.2 Å². The number of aliphatic hydroxyl groups is 1. The number of piperidine rings is 1. The molecule has 0 saturated carbocycles. The van der Waals surface area contributed by atoms with Crippen LogP contribution in [0.5, 0.6) is 0 Å². The SMILES string of the molecule is NC(=O)CC1(O)CCCN(Cc2ccc3occc3c2)C1. The minimum atomic E-state index is -0.982. The molecule has 112 valence electrons. The number of rotatable bonds is 4. The van der Waals surface area contributed by atoms with E-state index in [0.29, 0.717) is 13.0 Å². The summed E-state index contributed by atoms with van der Waals surface area (Å²) in [5.74, 6) is -0.445. The summed E-state index contributed by atoms with van der Waals surface area (Å²) < 4.78 is 5.33. The molecule has 5 heteroatoms. The zero-order valence-corrected chi connectivity index (χ0v) is 11.9. The van der Waals surface area contributed by atoms with Crippen LogP contribution in [0, 0.1) is 0 Å². The second-order valence-electron chi connectivity index (χ2n) is 5.97. The maximum absolute atomic E-state index is 11.1. The van der Waals surface area contributed by atoms with Gasteiger partial charge in [-0.15, -0.1) is 0 Å². The lowest BCUT2D eigenvalue weighted by molar-refractivity contribution is -0.125. The van der Waals surface area contributed by atoms with Crippen LogP contribution in [0.15, 0.2) is 34.9 Å². The van der Waals surface area contributed by atoms with E-state index in [9.17, 15) is 9.90 Å². The first-order valence-corrected chi connectivity index (χ1v) is 7.23. The number of furan rings is 1. The monoisotopic (exact) mass is 288 g/mol. The molecule has 2 aromatic rings. The number of hydrogen-bond donors (Lipinski definition) is 2. The van der Waals surface area contributed by atoms with Gasteiger partial charge in [0.15, 0.2) is 0 Å². The Morgan fingerprint density at radius 3 is 3.10 bits per heavy atom. The molecule has 21 heavy (non-hydrogen) atoms. The summed E-state index contributed by atoms with van der Waals surface area (Å²) in [6, 6.07) is 8.04. The predicted octanol–water partition coefficient (Wildman–Crippen LogP) is 1.64. The van der Waals surface area contributed by atoms with E-state index in [1.807, 2.05) is 18.2 Å². The molecule has 0 spiro atoms. The third-order valence-electron chi connectivity index (χ3n) is 4.06. The van der Waals surface area contributed by atoms with E-state index >= 15 is 0 Å². The fraction of sp³-hybridized carbons (Fsp3) is 0.438. The third kappa shape index (κ3) is 3.25. The van der Waals surface area contributed by atoms with Crippen molar-refractivity contribution in [3.05, 3.63) is 36.1 Å². The maximum Gasteiger partial charge on any atom is 0.220 e. The van der Waals surface area contributed by atoms with Crippen molar-refractivity contribution in [3.8, 4) is 0 Å². The summed E-state index contributed by atoms with van der Waals surface area (Å²) in [5.41, 5.74) is 6.30. The predicted molar refractivity (Wildman–Crippen MR) is 79.5 cm³/mol. The number of benzene rings is 1. The van der Waals surface area contributed by atoms with Gasteiger partial charge in [0.05, 0.1) is 18.3 Å². The molecule has 0 bridgehead atoms. The number of nitrogens with two attached hydrogens (primary N) is 1. The first kappa shape index (κ1) is 14.1. The highest BCUT2D eigenvalue weighted by Gasteiger charge is 2.34. The molecule has 3 N–H and O–H groups in total. The molecule has 0 aliphatic carbocycles. The Bertz CT molecular complexity index is 652. The number of nitrogens with zero attached hydrogens (tertiary/aromatic N) is 1. The molecule has 1 aromatic heterocycles. The van der Waals surface area contributed by atoms with Crippen molar-refractivity contribution in [2.45, 2.75) is 31.4 Å². The fourth-order valence-corrected chi connectivity index (χ4v) is 3.18. The van der Waals surface area contributed by atoms with Gasteiger partial charge in [-0.25, -0.2) is 0 Å². The van der Waals surface area contributed by atoms with Gasteiger partial charge in [-0.1, -0.05) is 6.07 Å². The van der Waals surface area contributed by atoms with E-state index in [1.54, 1.807) is 6.26 Å². The number of β-amino-alcohol motifs (C(OH)–C–C–N with tert-alkyl or cyclic N) is 1. The molecular formula is C16H20N2O3. The Kier molecular flexibility index (Phi) is 3.69. The van der Waals surface area contributed by atoms with Gasteiger partial charge in [0, 0.05) is 18.5 Å². The van der Waals surface area contributed by atoms with Crippen LogP contribution in [0.3, 0.4) is 0 Å². The van der Waals surface area contributed by atoms with Gasteiger partial charge in [-0.2, -0.15) is 0 Å². The molecule has 1 unspecified atom stereocenters. The van der Waals surface area contributed by atoms with Gasteiger partial charge in [0.25, 0.3) is 0 Å². The molecular weight excluding hydrogens is 268 g/mol. The minimum absolute atomic E-state index is 0.0320. The standard InChI is InChI=1S/C16H20N2O3/c17-15(19)9-16(20)5-1-6-18(11-16)10-12-2-3-14-13(8-12)4-7-21-14/h2-4,7-8,20H,1,5-6,9-11H2,(H2,17,19). The lowest BCUT2D eigenvalue weighted by atomic mass is 9.89. The van der Waals surface area contributed by atoms with Crippen LogP contribution in [0.1, 0.15) is 24.8 Å². The molecule has 1 aromatic carbocycles. The molecule has 2 heterocycles. The van der Waals surface area contributed by atoms with Crippen LogP contribution in [-0.4, -0.2) is 34.6 Å². The second-order valence-corrected chi connectivity index (χ2v) is 5.97. The zero-order valence-electron chi connectivity index (χ0n) is 11.9. The maximum atomic E-state index is 11.1. The average molecular weight is 288 g/mol. The summed E-state index contributed by atoms with van der Waals surface area (Å²) in [4.78, 5) is 13.3. The van der Waals surface area contributed by atoms with Crippen molar-refractivity contribution >= 4 is 16.9 Å². The normalized spacial score (nSPS) is 23.5. The van der Waals surface area contributed by atoms with E-state index in [2.05, 4.69) is 11.0 Å². The van der Waals surface area contributed by atoms with Gasteiger partial charge in [-0.05, 0) is 43.1 Å². The number of hydrogen-bond acceptors (Lipinski definition) is 4. The largest absolute Gasteiger partial charge is 0.464 e. The lowest BCUT2D eigenvalue weighted by Crippen LogP contribution is -2.49. The molecule has 1 saturated heterocycles. The summed E-state index contributed by atoms with van der Waals surface area (Å²) in [6.07, 6.45) is 3.22. The molecule has 1 aliphatic rings. The van der Waals surface area contributed by atoms with Crippen LogP contribution in [0.4, 0.5) is 0 Å². The number of amides is 1. The Morgan fingerprint density at radius 1 is 1.43 bits per heavy atom. The van der Waals surface area contributed by atoms with Crippen molar-refractivity contribution < 1.29 is 14.3 Å². The Balaban J connectivity index is 1.70. The highest BCUT2D eigenvalue weighted by molar-refractivity contribution is 5.77. The molecule has 3 rings (SSSR count). The Labute approximate surface area is 123 Å². The molecule has 1 amide bonds. The smallest absolute Gasteiger partial charge is 0.220 e. The Hall–Kier alpha value is -1.85. The van der Waals surface area contributed by atoms with Crippen LogP contribution >= 0.6 is 0 Å². The fourth-order valence-electron chi connectivity index (χ4n) is 3.18. The topological polar surface area (TPSA) is 79.7 Å². The number of primary amides is 1. The van der Waals surface area contributed by atoms with Crippen molar-refractivity contribution in [1.29, 1.82) is 0 Å². The first-order chi connectivity index (χ1) is 10.0. The summed E-state index contributed by atoms with van der Waals surface area (Å²) >= 11 is 0. The minimum Gasteiger partial charge on any atom is -0.464 e. The van der Waals surface area contributed by atoms with Crippen LogP contribution in [0.25, 0.3) is 11.0 Å². The summed E-state index contributed by atoms with van der Waals surface area (Å²) in [7, 11) is 0. The van der Waals surface area contributed by atoms with Crippen LogP contribution in [0.2, 0.25) is 0 Å². The van der Waals surface area contributed by atoms with E-state index < -0.39 is 11.5 Å². The van der Waals surface area contributed by atoms with Crippen LogP contribution in [-0.2, 0) is 11.3 Å². The number of carbonyl (C=O) groups is 1. The van der Waals surface area contributed by atoms with Gasteiger partial charge in [0.2, 0.25) is 5.91 Å². The molecule has 1 atom stereocenters. The van der Waals surface area contributed by atoms with Gasteiger partial charge in [-0.3, -0.25) is 9.69 Å². The Morgan fingerprint density at radius 2 is 2.29 bits per heavy atom. The molecule has 5 nitrogen and oxygen atoms in total. The summed E-state index contributed by atoms with van der Waals surface area (Å²) in [5, 5.41) is 11.6. The van der Waals surface area contributed by atoms with E-state index in [0.717, 1.165) is 30.5 Å². The highest BCUT2D eigenvalue weighted by Crippen LogP contribution is 2.26. The summed E-state index contributed by atoms with van der Waals surface area (Å²) in [6.45, 7) is 2.16. The lowest BCUT2D eigenvalue weighted by Gasteiger charge is -2.38. The second kappa shape index (κ2) is 5.50. The number of fused-ring (bicyclic) bond motifs is 1. The van der Waals surface area contributed by atoms with Crippen molar-refractivity contribution in [2.24, 2.45) is 5.73 Å². The van der Waals surface area contributed by atoms with Crippen molar-refractivity contribution in [1.82, 2.24) is 4.90 Å². The van der Waals surface area contributed by atoms with Gasteiger partial charge in [0.1, 0.15) is 5.58 Å². The quantitative estimate of drug-likeness (QED) is 0.896. The number of carbonyl (C=O) groups excluding carboxylic acids is 1. The number of likely N-dealkylation sites (tertiary alicyclic amines) is 1. The van der Waals surface area contributed by atoms with Crippen LogP contribution < -0.4 is 5.73 Å². The molecule has 1 aliphatic heterocycles. The van der Waals surface area contributed by atoms with E-state index in [-0.39, 0.29) is 6.42 Å². The molecule has 1 fully saturated rings. The van der Waals surface area contributed by atoms with Gasteiger partial charge < -0.3 is 15.3 Å². The van der Waals surface area contributed by atoms with E-state index in [1.165, 1.54) is 5.56 Å². The zero-order chi connectivity index (χ0) is 14.9. The van der Waals surface area contributed by atoms with Crippen molar-refractivity contribution in [2.75, 3.05) is 13.1 Å². The van der Waals surface area contributed by atoms with Crippen molar-refractivity contribution in [3.63, 3.8) is 0 Å². The van der Waals surface area contributed by atoms with Gasteiger partial charge >= 0.3 is 0 Å². The first-order valence-electron chi connectivity index (χ1n) is 7.23.